The highest BCUT2D eigenvalue weighted by atomic mass is 16.5. The summed E-state index contributed by atoms with van der Waals surface area (Å²) >= 11 is 0. The second kappa shape index (κ2) is 12.7. The Morgan fingerprint density at radius 3 is 2.61 bits per heavy atom. The molecular weight excluding hydrogens is 398 g/mol. The Kier molecular flexibility index (Phi) is 9.61. The first-order valence-corrected chi connectivity index (χ1v) is 9.79. The predicted octanol–water partition coefficient (Wildman–Crippen LogP) is 3.59. The summed E-state index contributed by atoms with van der Waals surface area (Å²) in [6, 6.07) is 13.9. The van der Waals surface area contributed by atoms with Crippen molar-refractivity contribution in [3.63, 3.8) is 0 Å². The minimum absolute atomic E-state index is 0.00216. The van der Waals surface area contributed by atoms with E-state index < -0.39 is 12.1 Å². The highest BCUT2D eigenvalue weighted by Gasteiger charge is 2.18. The molecule has 0 saturated heterocycles. The van der Waals surface area contributed by atoms with Crippen LogP contribution in [0.5, 0.6) is 11.5 Å². The normalized spacial score (nSPS) is 11.4. The topological polar surface area (TPSA) is 98.2 Å². The number of carbonyl (C=O) groups is 2. The van der Waals surface area contributed by atoms with Crippen LogP contribution in [0.25, 0.3) is 0 Å². The van der Waals surface area contributed by atoms with Crippen LogP contribution in [0.3, 0.4) is 0 Å². The Morgan fingerprint density at radius 2 is 1.94 bits per heavy atom. The van der Waals surface area contributed by atoms with Crippen molar-refractivity contribution in [2.75, 3.05) is 20.3 Å². The van der Waals surface area contributed by atoms with E-state index in [2.05, 4.69) is 22.4 Å². The molecule has 1 atom stereocenters. The van der Waals surface area contributed by atoms with Crippen LogP contribution in [0.2, 0.25) is 0 Å². The maximum Gasteiger partial charge on any atom is 0.407 e. The van der Waals surface area contributed by atoms with E-state index in [0.717, 1.165) is 5.56 Å². The van der Waals surface area contributed by atoms with Gasteiger partial charge in [0.2, 0.25) is 5.91 Å². The molecule has 8 heteroatoms. The highest BCUT2D eigenvalue weighted by molar-refractivity contribution is 5.83. The van der Waals surface area contributed by atoms with Crippen LogP contribution in [0, 0.1) is 0 Å². The van der Waals surface area contributed by atoms with Gasteiger partial charge in [0.25, 0.3) is 0 Å². The van der Waals surface area contributed by atoms with Gasteiger partial charge in [-0.2, -0.15) is 5.10 Å². The molecule has 0 bridgehead atoms. The minimum Gasteiger partial charge on any atom is -0.493 e. The van der Waals surface area contributed by atoms with E-state index in [9.17, 15) is 9.59 Å². The van der Waals surface area contributed by atoms with Gasteiger partial charge in [-0.05, 0) is 36.2 Å². The van der Waals surface area contributed by atoms with Crippen molar-refractivity contribution in [3.05, 3.63) is 72.3 Å². The molecule has 0 radical (unpaired) electrons. The van der Waals surface area contributed by atoms with Crippen LogP contribution in [0.1, 0.15) is 30.5 Å². The van der Waals surface area contributed by atoms with Crippen LogP contribution < -0.4 is 20.2 Å². The molecule has 0 aliphatic heterocycles. The molecule has 0 heterocycles. The van der Waals surface area contributed by atoms with Gasteiger partial charge in [-0.1, -0.05) is 43.0 Å². The SMILES string of the molecule is C=CCOc1ccc(/C=N\NC(=O)C[C@H](NC(=O)OCC)c2ccccc2)cc1OC. The zero-order valence-electron chi connectivity index (χ0n) is 17.7. The number of rotatable bonds is 11. The number of nitrogens with zero attached hydrogens (tertiary/aromatic N) is 1. The maximum atomic E-state index is 12.4. The van der Waals surface area contributed by atoms with Crippen molar-refractivity contribution < 1.29 is 23.8 Å². The lowest BCUT2D eigenvalue weighted by Crippen LogP contribution is -2.33. The third-order valence-electron chi connectivity index (χ3n) is 4.11. The third kappa shape index (κ3) is 7.85. The van der Waals surface area contributed by atoms with E-state index in [-0.39, 0.29) is 18.9 Å². The number of hydrogen-bond acceptors (Lipinski definition) is 6. The van der Waals surface area contributed by atoms with Crippen molar-refractivity contribution in [3.8, 4) is 11.5 Å². The fourth-order valence-electron chi connectivity index (χ4n) is 2.69. The maximum absolute atomic E-state index is 12.4. The Bertz CT molecular complexity index is 899. The lowest BCUT2D eigenvalue weighted by molar-refractivity contribution is -0.121. The molecule has 2 rings (SSSR count). The average Bonchev–Trinajstić information content (AvgIpc) is 2.78. The summed E-state index contributed by atoms with van der Waals surface area (Å²) in [6.07, 6.45) is 2.55. The molecule has 0 aliphatic rings. The number of amides is 2. The van der Waals surface area contributed by atoms with E-state index in [4.69, 9.17) is 14.2 Å². The number of hydrazone groups is 1. The molecule has 2 N–H and O–H groups in total. The van der Waals surface area contributed by atoms with E-state index in [1.54, 1.807) is 38.3 Å². The zero-order valence-corrected chi connectivity index (χ0v) is 17.7. The fraction of sp³-hybridized carbons (Fsp3) is 0.261. The predicted molar refractivity (Wildman–Crippen MR) is 118 cm³/mol. The van der Waals surface area contributed by atoms with Crippen LogP contribution in [-0.4, -0.2) is 38.5 Å². The lowest BCUT2D eigenvalue weighted by atomic mass is 10.0. The molecule has 31 heavy (non-hydrogen) atoms. The Morgan fingerprint density at radius 1 is 1.16 bits per heavy atom. The molecule has 0 unspecified atom stereocenters. The Hall–Kier alpha value is -3.81. The van der Waals surface area contributed by atoms with Gasteiger partial charge in [0.05, 0.1) is 32.4 Å². The number of carbonyl (C=O) groups excluding carboxylic acids is 2. The molecule has 2 aromatic rings. The second-order valence-electron chi connectivity index (χ2n) is 6.34. The number of hydrogen-bond donors (Lipinski definition) is 2. The first kappa shape index (κ1) is 23.5. The first-order chi connectivity index (χ1) is 15.1. The smallest absolute Gasteiger partial charge is 0.407 e. The molecular formula is C23H27N3O5. The molecule has 0 saturated carbocycles. The van der Waals surface area contributed by atoms with Gasteiger partial charge in [-0.3, -0.25) is 4.79 Å². The molecule has 164 valence electrons. The largest absolute Gasteiger partial charge is 0.493 e. The van der Waals surface area contributed by atoms with E-state index in [0.29, 0.717) is 23.7 Å². The molecule has 2 aromatic carbocycles. The molecule has 0 spiro atoms. The second-order valence-corrected chi connectivity index (χ2v) is 6.34. The summed E-state index contributed by atoms with van der Waals surface area (Å²) in [5, 5.41) is 6.69. The number of methoxy groups -OCH3 is 1. The average molecular weight is 425 g/mol. The zero-order chi connectivity index (χ0) is 22.5. The standard InChI is InChI=1S/C23H27N3O5/c1-4-13-31-20-12-11-17(14-21(20)29-3)16-24-26-22(27)15-19(25-23(28)30-5-2)18-9-7-6-8-10-18/h4,6-12,14,16,19H,1,5,13,15H2,2-3H3,(H,25,28)(H,26,27)/b24-16-/t19-/m0/s1. The number of ether oxygens (including phenoxy) is 3. The summed E-state index contributed by atoms with van der Waals surface area (Å²) < 4.78 is 15.7. The monoisotopic (exact) mass is 425 g/mol. The summed E-state index contributed by atoms with van der Waals surface area (Å²) in [7, 11) is 1.54. The van der Waals surface area contributed by atoms with Crippen molar-refractivity contribution in [2.24, 2.45) is 5.10 Å². The Balaban J connectivity index is 2.00. The third-order valence-corrected chi connectivity index (χ3v) is 4.11. The van der Waals surface area contributed by atoms with Crippen LogP contribution >= 0.6 is 0 Å². The van der Waals surface area contributed by atoms with Crippen molar-refractivity contribution in [1.29, 1.82) is 0 Å². The van der Waals surface area contributed by atoms with Gasteiger partial charge in [-0.25, -0.2) is 10.2 Å². The molecule has 2 amide bonds. The van der Waals surface area contributed by atoms with Crippen LogP contribution in [-0.2, 0) is 9.53 Å². The highest BCUT2D eigenvalue weighted by Crippen LogP contribution is 2.27. The summed E-state index contributed by atoms with van der Waals surface area (Å²) in [5.41, 5.74) is 3.98. The molecule has 8 nitrogen and oxygen atoms in total. The number of benzene rings is 2. The Labute approximate surface area is 181 Å². The summed E-state index contributed by atoms with van der Waals surface area (Å²) in [6.45, 7) is 5.93. The summed E-state index contributed by atoms with van der Waals surface area (Å²) in [4.78, 5) is 24.2. The summed E-state index contributed by atoms with van der Waals surface area (Å²) in [5.74, 6) is 0.763. The van der Waals surface area contributed by atoms with Crippen molar-refractivity contribution >= 4 is 18.2 Å². The van der Waals surface area contributed by atoms with Crippen LogP contribution in [0.4, 0.5) is 4.79 Å². The van der Waals surface area contributed by atoms with E-state index in [1.165, 1.54) is 6.21 Å². The first-order valence-electron chi connectivity index (χ1n) is 9.79. The van der Waals surface area contributed by atoms with Gasteiger partial charge >= 0.3 is 6.09 Å². The molecule has 0 fully saturated rings. The van der Waals surface area contributed by atoms with Crippen molar-refractivity contribution in [1.82, 2.24) is 10.7 Å². The molecule has 0 aliphatic carbocycles. The van der Waals surface area contributed by atoms with Gasteiger partial charge in [-0.15, -0.1) is 0 Å². The van der Waals surface area contributed by atoms with Gasteiger partial charge in [0.15, 0.2) is 11.5 Å². The van der Waals surface area contributed by atoms with E-state index in [1.807, 2.05) is 30.3 Å². The van der Waals surface area contributed by atoms with Crippen LogP contribution in [0.15, 0.2) is 66.3 Å². The number of nitrogens with one attached hydrogen (secondary N) is 2. The van der Waals surface area contributed by atoms with Gasteiger partial charge in [0.1, 0.15) is 6.61 Å². The van der Waals surface area contributed by atoms with Gasteiger partial charge in [0, 0.05) is 0 Å². The molecule has 0 aromatic heterocycles. The van der Waals surface area contributed by atoms with Crippen molar-refractivity contribution in [2.45, 2.75) is 19.4 Å². The quantitative estimate of drug-likeness (QED) is 0.326. The fourth-order valence-corrected chi connectivity index (χ4v) is 2.69. The van der Waals surface area contributed by atoms with Gasteiger partial charge < -0.3 is 19.5 Å². The minimum atomic E-state index is -0.585. The lowest BCUT2D eigenvalue weighted by Gasteiger charge is -2.18. The van der Waals surface area contributed by atoms with E-state index >= 15 is 0 Å². The number of alkyl carbamates (subject to hydrolysis) is 1.